The SMILES string of the molecule is Cc1ccc(C(=O)N2CCCN(C(=O)Cc3cccs3)C2C(=O)NC2CCC(N)CC2)cc1. The summed E-state index contributed by atoms with van der Waals surface area (Å²) in [7, 11) is 0. The van der Waals surface area contributed by atoms with Crippen molar-refractivity contribution in [1.29, 1.82) is 0 Å². The highest BCUT2D eigenvalue weighted by Gasteiger charge is 2.41. The summed E-state index contributed by atoms with van der Waals surface area (Å²) in [5.74, 6) is -0.644. The summed E-state index contributed by atoms with van der Waals surface area (Å²) < 4.78 is 0. The fourth-order valence-electron chi connectivity index (χ4n) is 4.65. The molecule has 1 saturated carbocycles. The average Bonchev–Trinajstić information content (AvgIpc) is 3.33. The maximum atomic E-state index is 13.5. The molecule has 1 aliphatic heterocycles. The van der Waals surface area contributed by atoms with Gasteiger partial charge in [-0.3, -0.25) is 14.4 Å². The molecule has 8 heteroatoms. The van der Waals surface area contributed by atoms with Crippen molar-refractivity contribution in [1.82, 2.24) is 15.1 Å². The Kier molecular flexibility index (Phi) is 7.45. The lowest BCUT2D eigenvalue weighted by atomic mass is 9.91. The van der Waals surface area contributed by atoms with E-state index in [9.17, 15) is 14.4 Å². The smallest absolute Gasteiger partial charge is 0.264 e. The predicted molar refractivity (Wildman–Crippen MR) is 129 cm³/mol. The molecule has 0 spiro atoms. The van der Waals surface area contributed by atoms with Crippen molar-refractivity contribution in [3.05, 3.63) is 57.8 Å². The molecular formula is C25H32N4O3S. The van der Waals surface area contributed by atoms with Crippen LogP contribution >= 0.6 is 11.3 Å². The van der Waals surface area contributed by atoms with E-state index < -0.39 is 6.17 Å². The molecule has 2 fully saturated rings. The summed E-state index contributed by atoms with van der Waals surface area (Å²) in [6.07, 6.45) is 3.27. The minimum Gasteiger partial charge on any atom is -0.350 e. The Morgan fingerprint density at radius 3 is 2.39 bits per heavy atom. The van der Waals surface area contributed by atoms with Crippen LogP contribution in [0, 0.1) is 6.92 Å². The van der Waals surface area contributed by atoms with Gasteiger partial charge in [-0.15, -0.1) is 11.3 Å². The zero-order valence-electron chi connectivity index (χ0n) is 19.0. The Bertz CT molecular complexity index is 968. The van der Waals surface area contributed by atoms with Gasteiger partial charge in [0.15, 0.2) is 6.17 Å². The molecule has 0 radical (unpaired) electrons. The number of nitrogens with zero attached hydrogens (tertiary/aromatic N) is 2. The first kappa shape index (κ1) is 23.4. The van der Waals surface area contributed by atoms with Gasteiger partial charge in [-0.25, -0.2) is 0 Å². The fraction of sp³-hybridized carbons (Fsp3) is 0.480. The second-order valence-corrected chi connectivity index (χ2v) is 10.1. The first-order valence-electron chi connectivity index (χ1n) is 11.7. The van der Waals surface area contributed by atoms with E-state index in [0.29, 0.717) is 25.1 Å². The summed E-state index contributed by atoms with van der Waals surface area (Å²) in [6, 6.07) is 11.4. The van der Waals surface area contributed by atoms with Crippen LogP contribution in [0.15, 0.2) is 41.8 Å². The van der Waals surface area contributed by atoms with Crippen molar-refractivity contribution >= 4 is 29.1 Å². The lowest BCUT2D eigenvalue weighted by molar-refractivity contribution is -0.149. The maximum Gasteiger partial charge on any atom is 0.264 e. The fourth-order valence-corrected chi connectivity index (χ4v) is 5.34. The predicted octanol–water partition coefficient (Wildman–Crippen LogP) is 2.69. The van der Waals surface area contributed by atoms with Crippen molar-refractivity contribution in [2.45, 2.75) is 63.7 Å². The molecule has 7 nitrogen and oxygen atoms in total. The van der Waals surface area contributed by atoms with Crippen molar-refractivity contribution in [3.8, 4) is 0 Å². The third-order valence-electron chi connectivity index (χ3n) is 6.53. The van der Waals surface area contributed by atoms with Gasteiger partial charge >= 0.3 is 0 Å². The lowest BCUT2D eigenvalue weighted by Gasteiger charge is -2.43. The summed E-state index contributed by atoms with van der Waals surface area (Å²) >= 11 is 1.52. The number of thiophene rings is 1. The third-order valence-corrected chi connectivity index (χ3v) is 7.40. The number of hydrogen-bond acceptors (Lipinski definition) is 5. The monoisotopic (exact) mass is 468 g/mol. The highest BCUT2D eigenvalue weighted by atomic mass is 32.1. The number of nitrogens with two attached hydrogens (primary N) is 1. The zero-order valence-corrected chi connectivity index (χ0v) is 19.9. The van der Waals surface area contributed by atoms with Gasteiger partial charge in [0.05, 0.1) is 6.42 Å². The van der Waals surface area contributed by atoms with E-state index in [0.717, 1.165) is 36.1 Å². The molecule has 1 atom stereocenters. The first-order valence-corrected chi connectivity index (χ1v) is 12.6. The molecule has 4 rings (SSSR count). The maximum absolute atomic E-state index is 13.5. The topological polar surface area (TPSA) is 95.7 Å². The highest BCUT2D eigenvalue weighted by molar-refractivity contribution is 7.10. The highest BCUT2D eigenvalue weighted by Crippen LogP contribution is 2.23. The van der Waals surface area contributed by atoms with Crippen LogP contribution in [0.2, 0.25) is 0 Å². The molecule has 3 N–H and O–H groups in total. The van der Waals surface area contributed by atoms with Gasteiger partial charge in [0, 0.05) is 35.6 Å². The number of aryl methyl sites for hydroxylation is 1. The van der Waals surface area contributed by atoms with Crippen LogP contribution in [-0.4, -0.2) is 58.9 Å². The molecule has 2 heterocycles. The Labute approximate surface area is 198 Å². The van der Waals surface area contributed by atoms with Crippen LogP contribution in [0.5, 0.6) is 0 Å². The number of benzene rings is 1. The van der Waals surface area contributed by atoms with Gasteiger partial charge in [-0.05, 0) is 62.6 Å². The average molecular weight is 469 g/mol. The zero-order chi connectivity index (χ0) is 23.4. The van der Waals surface area contributed by atoms with Crippen LogP contribution < -0.4 is 11.1 Å². The number of hydrogen-bond donors (Lipinski definition) is 2. The van der Waals surface area contributed by atoms with Crippen LogP contribution in [0.4, 0.5) is 0 Å². The van der Waals surface area contributed by atoms with Crippen molar-refractivity contribution < 1.29 is 14.4 Å². The van der Waals surface area contributed by atoms with E-state index in [1.54, 1.807) is 21.9 Å². The van der Waals surface area contributed by atoms with E-state index in [1.807, 2.05) is 36.6 Å². The summed E-state index contributed by atoms with van der Waals surface area (Å²) in [5.41, 5.74) is 7.60. The largest absolute Gasteiger partial charge is 0.350 e. The van der Waals surface area contributed by atoms with Crippen LogP contribution in [0.3, 0.4) is 0 Å². The molecule has 33 heavy (non-hydrogen) atoms. The summed E-state index contributed by atoms with van der Waals surface area (Å²) in [5, 5.41) is 5.05. The molecule has 1 saturated heterocycles. The molecule has 3 amide bonds. The quantitative estimate of drug-likeness (QED) is 0.705. The molecule has 1 aromatic heterocycles. The van der Waals surface area contributed by atoms with Crippen molar-refractivity contribution in [3.63, 3.8) is 0 Å². The molecule has 1 aromatic carbocycles. The number of amides is 3. The van der Waals surface area contributed by atoms with Gasteiger partial charge in [0.25, 0.3) is 11.8 Å². The first-order chi connectivity index (χ1) is 15.9. The van der Waals surface area contributed by atoms with Crippen LogP contribution in [0.25, 0.3) is 0 Å². The van der Waals surface area contributed by atoms with Crippen LogP contribution in [0.1, 0.15) is 52.9 Å². The van der Waals surface area contributed by atoms with Gasteiger partial charge in [-0.2, -0.15) is 0 Å². The Balaban J connectivity index is 1.57. The molecule has 1 unspecified atom stereocenters. The third kappa shape index (κ3) is 5.62. The summed E-state index contributed by atoms with van der Waals surface area (Å²) in [4.78, 5) is 44.3. The lowest BCUT2D eigenvalue weighted by Crippen LogP contribution is -2.64. The molecule has 0 bridgehead atoms. The van der Waals surface area contributed by atoms with Gasteiger partial charge in [0.1, 0.15) is 0 Å². The van der Waals surface area contributed by atoms with E-state index in [1.165, 1.54) is 11.3 Å². The number of carbonyl (C=O) groups is 3. The van der Waals surface area contributed by atoms with Crippen molar-refractivity contribution in [2.24, 2.45) is 5.73 Å². The molecular weight excluding hydrogens is 436 g/mol. The van der Waals surface area contributed by atoms with Gasteiger partial charge < -0.3 is 20.9 Å². The van der Waals surface area contributed by atoms with Gasteiger partial charge in [-0.1, -0.05) is 23.8 Å². The molecule has 176 valence electrons. The number of nitrogens with one attached hydrogen (secondary N) is 1. The van der Waals surface area contributed by atoms with E-state index in [2.05, 4.69) is 5.32 Å². The second-order valence-electron chi connectivity index (χ2n) is 9.06. The second kappa shape index (κ2) is 10.5. The Hall–Kier alpha value is -2.71. The van der Waals surface area contributed by atoms with E-state index in [4.69, 9.17) is 5.73 Å². The number of carbonyl (C=O) groups excluding carboxylic acids is 3. The molecule has 2 aromatic rings. The Morgan fingerprint density at radius 2 is 1.73 bits per heavy atom. The van der Waals surface area contributed by atoms with E-state index >= 15 is 0 Å². The van der Waals surface area contributed by atoms with E-state index in [-0.39, 0.29) is 36.2 Å². The minimum atomic E-state index is -0.949. The normalized spacial score (nSPS) is 23.3. The Morgan fingerprint density at radius 1 is 1.03 bits per heavy atom. The van der Waals surface area contributed by atoms with Crippen LogP contribution in [-0.2, 0) is 16.0 Å². The standard InChI is InChI=1S/C25H32N4O3S/c1-17-5-7-18(8-6-17)25(32)29-14-3-13-28(22(30)16-21-4-2-15-33-21)24(29)23(31)27-20-11-9-19(26)10-12-20/h2,4-8,15,19-20,24H,3,9-14,16,26H2,1H3,(H,27,31). The number of rotatable bonds is 5. The summed E-state index contributed by atoms with van der Waals surface area (Å²) in [6.45, 7) is 2.85. The van der Waals surface area contributed by atoms with Gasteiger partial charge in [0.2, 0.25) is 5.91 Å². The minimum absolute atomic E-state index is 0.0183. The molecule has 2 aliphatic rings. The molecule has 1 aliphatic carbocycles. The van der Waals surface area contributed by atoms with Crippen molar-refractivity contribution in [2.75, 3.05) is 13.1 Å².